The Hall–Kier alpha value is -2.01. The predicted molar refractivity (Wildman–Crippen MR) is 129 cm³/mol. The van der Waals surface area contributed by atoms with Crippen LogP contribution in [-0.4, -0.2) is 27.5 Å². The van der Waals surface area contributed by atoms with Crippen LogP contribution in [-0.2, 0) is 10.3 Å². The molecule has 1 aliphatic heterocycles. The number of benzene rings is 1. The number of rotatable bonds is 5. The number of aliphatic carboxylic acids is 1. The average Bonchev–Trinajstić information content (AvgIpc) is 3.41. The van der Waals surface area contributed by atoms with Crippen LogP contribution in [0.2, 0.25) is 5.02 Å². The van der Waals surface area contributed by atoms with Crippen molar-refractivity contribution in [1.82, 2.24) is 10.2 Å². The molecule has 6 heteroatoms. The van der Waals surface area contributed by atoms with Gasteiger partial charge in [0, 0.05) is 11.2 Å². The van der Waals surface area contributed by atoms with Crippen molar-refractivity contribution in [2.24, 2.45) is 22.7 Å². The minimum atomic E-state index is -0.737. The molecule has 1 unspecified atom stereocenters. The van der Waals surface area contributed by atoms with Gasteiger partial charge in [0.15, 0.2) is 0 Å². The van der Waals surface area contributed by atoms with E-state index in [1.54, 1.807) is 4.90 Å². The number of hydrogen-bond acceptors (Lipinski definition) is 2. The summed E-state index contributed by atoms with van der Waals surface area (Å²) < 4.78 is 0. The van der Waals surface area contributed by atoms with Crippen molar-refractivity contribution in [3.05, 3.63) is 46.1 Å². The molecule has 2 amide bonds. The minimum Gasteiger partial charge on any atom is -0.481 e. The third-order valence-corrected chi connectivity index (χ3v) is 9.22. The fourth-order valence-electron chi connectivity index (χ4n) is 6.84. The molecule has 3 atom stereocenters. The summed E-state index contributed by atoms with van der Waals surface area (Å²) in [6.45, 7) is 13.2. The van der Waals surface area contributed by atoms with Crippen LogP contribution in [0.15, 0.2) is 30.0 Å². The molecule has 33 heavy (non-hydrogen) atoms. The topological polar surface area (TPSA) is 69.6 Å². The summed E-state index contributed by atoms with van der Waals surface area (Å²) >= 11 is 6.81. The van der Waals surface area contributed by atoms with Gasteiger partial charge in [-0.1, -0.05) is 58.4 Å². The van der Waals surface area contributed by atoms with E-state index in [2.05, 4.69) is 59.0 Å². The summed E-state index contributed by atoms with van der Waals surface area (Å²) in [5.74, 6) is 0.610. The van der Waals surface area contributed by atoms with E-state index in [1.807, 2.05) is 12.3 Å². The third-order valence-electron chi connectivity index (χ3n) is 8.89. The second-order valence-corrected chi connectivity index (χ2v) is 13.0. The van der Waals surface area contributed by atoms with Crippen molar-refractivity contribution >= 4 is 23.6 Å². The molecule has 2 N–H and O–H groups in total. The Kier molecular flexibility index (Phi) is 4.67. The molecule has 0 saturated heterocycles. The molecule has 5 nitrogen and oxygen atoms in total. The minimum absolute atomic E-state index is 0.157. The number of nitrogens with one attached hydrogen (secondary N) is 1. The first-order chi connectivity index (χ1) is 15.2. The van der Waals surface area contributed by atoms with E-state index in [9.17, 15) is 14.7 Å². The zero-order valence-electron chi connectivity index (χ0n) is 20.5. The highest BCUT2D eigenvalue weighted by molar-refractivity contribution is 6.31. The largest absolute Gasteiger partial charge is 0.481 e. The van der Waals surface area contributed by atoms with E-state index in [4.69, 9.17) is 11.6 Å². The Morgan fingerprint density at radius 3 is 2.36 bits per heavy atom. The number of carboxylic acids is 1. The zero-order chi connectivity index (χ0) is 24.1. The number of amides is 2. The van der Waals surface area contributed by atoms with E-state index in [0.717, 1.165) is 16.2 Å². The number of carbonyl (C=O) groups is 2. The van der Waals surface area contributed by atoms with Crippen LogP contribution in [0.1, 0.15) is 84.3 Å². The maximum absolute atomic E-state index is 13.3. The van der Waals surface area contributed by atoms with Crippen molar-refractivity contribution in [2.45, 2.75) is 84.2 Å². The van der Waals surface area contributed by atoms with Crippen LogP contribution < -0.4 is 5.32 Å². The lowest BCUT2D eigenvalue weighted by Gasteiger charge is -2.71. The molecule has 0 radical (unpaired) electrons. The Balaban J connectivity index is 1.44. The quantitative estimate of drug-likeness (QED) is 0.532. The molecule has 4 saturated carbocycles. The van der Waals surface area contributed by atoms with Crippen LogP contribution in [0.5, 0.6) is 0 Å². The van der Waals surface area contributed by atoms with E-state index in [0.29, 0.717) is 31.1 Å². The molecule has 4 fully saturated rings. The van der Waals surface area contributed by atoms with Gasteiger partial charge in [-0.2, -0.15) is 0 Å². The summed E-state index contributed by atoms with van der Waals surface area (Å²) in [5, 5.41) is 13.5. The molecule has 0 aromatic heterocycles. The Bertz CT molecular complexity index is 1070. The van der Waals surface area contributed by atoms with Crippen molar-refractivity contribution in [1.29, 1.82) is 0 Å². The summed E-state index contributed by atoms with van der Waals surface area (Å²) in [6.07, 6.45) is 4.78. The Morgan fingerprint density at radius 1 is 1.24 bits per heavy atom. The molecule has 6 rings (SSSR count). The van der Waals surface area contributed by atoms with Crippen molar-refractivity contribution in [3.8, 4) is 0 Å². The van der Waals surface area contributed by atoms with Crippen LogP contribution in [0, 0.1) is 22.7 Å². The monoisotopic (exact) mass is 470 g/mol. The van der Waals surface area contributed by atoms with E-state index >= 15 is 0 Å². The summed E-state index contributed by atoms with van der Waals surface area (Å²) in [7, 11) is 0. The fourth-order valence-corrected chi connectivity index (χ4v) is 7.16. The Labute approximate surface area is 201 Å². The van der Waals surface area contributed by atoms with Crippen molar-refractivity contribution in [2.75, 3.05) is 0 Å². The molecule has 178 valence electrons. The first-order valence-corrected chi connectivity index (χ1v) is 12.5. The van der Waals surface area contributed by atoms with Gasteiger partial charge in [0.25, 0.3) is 0 Å². The standard InChI is InChI=1S/C27H35ClN2O3/c1-15(2)20-11-30(27-12-26(13-27,14-27)22(31)32)23(33)29-25(20,6)16-7-8-17(21(28)9-16)18-10-19(18)24(3,4)5/h7-9,11,15,18-19H,10,12-14H2,1-6H3,(H,29,33)(H,31,32)/t18-,19+,25?,26?,27?/m0/s1. The number of carbonyl (C=O) groups excluding carboxylic acids is 1. The maximum atomic E-state index is 13.3. The van der Waals surface area contributed by atoms with E-state index in [1.165, 1.54) is 12.0 Å². The van der Waals surface area contributed by atoms with Gasteiger partial charge in [0.1, 0.15) is 0 Å². The Morgan fingerprint density at radius 2 is 1.88 bits per heavy atom. The van der Waals surface area contributed by atoms with E-state index in [-0.39, 0.29) is 22.9 Å². The van der Waals surface area contributed by atoms with Gasteiger partial charge in [0.05, 0.1) is 16.5 Å². The molecule has 0 spiro atoms. The first kappa shape index (κ1) is 22.8. The number of hydrogen-bond donors (Lipinski definition) is 2. The number of nitrogens with zero attached hydrogens (tertiary/aromatic N) is 1. The average molecular weight is 471 g/mol. The molecule has 1 heterocycles. The lowest BCUT2D eigenvalue weighted by Crippen LogP contribution is -2.78. The molecule has 2 bridgehead atoms. The first-order valence-electron chi connectivity index (χ1n) is 12.1. The molecule has 5 aliphatic rings. The predicted octanol–water partition coefficient (Wildman–Crippen LogP) is 6.28. The van der Waals surface area contributed by atoms with Crippen LogP contribution in [0.25, 0.3) is 0 Å². The summed E-state index contributed by atoms with van der Waals surface area (Å²) in [5.41, 5.74) is 1.94. The lowest BCUT2D eigenvalue weighted by atomic mass is 9.38. The second-order valence-electron chi connectivity index (χ2n) is 12.6. The highest BCUT2D eigenvalue weighted by atomic mass is 35.5. The summed E-state index contributed by atoms with van der Waals surface area (Å²) in [6, 6.07) is 6.14. The number of carboxylic acid groups (broad SMARTS) is 1. The van der Waals surface area contributed by atoms with Gasteiger partial charge in [-0.3, -0.25) is 9.69 Å². The lowest BCUT2D eigenvalue weighted by molar-refractivity contribution is -0.215. The molecule has 1 aromatic rings. The van der Waals surface area contributed by atoms with Crippen LogP contribution in [0.4, 0.5) is 4.79 Å². The van der Waals surface area contributed by atoms with Gasteiger partial charge in [0.2, 0.25) is 0 Å². The van der Waals surface area contributed by atoms with Gasteiger partial charge < -0.3 is 10.4 Å². The fraction of sp³-hybridized carbons (Fsp3) is 0.630. The smallest absolute Gasteiger partial charge is 0.322 e. The van der Waals surface area contributed by atoms with E-state index < -0.39 is 16.9 Å². The van der Waals surface area contributed by atoms with Gasteiger partial charge in [-0.05, 0) is 78.5 Å². The SMILES string of the molecule is CC(C)C1=CN(C23CC(C(=O)O)(C2)C3)C(=O)NC1(C)c1ccc([C@@H]2C[C@H]2C(C)(C)C)c(Cl)c1. The molecular formula is C27H35ClN2O3. The van der Waals surface area contributed by atoms with Crippen molar-refractivity contribution < 1.29 is 14.7 Å². The van der Waals surface area contributed by atoms with Crippen molar-refractivity contribution in [3.63, 3.8) is 0 Å². The highest BCUT2D eigenvalue weighted by Crippen LogP contribution is 2.70. The zero-order valence-corrected chi connectivity index (χ0v) is 21.2. The van der Waals surface area contributed by atoms with Gasteiger partial charge >= 0.3 is 12.0 Å². The summed E-state index contributed by atoms with van der Waals surface area (Å²) in [4.78, 5) is 26.6. The normalized spacial score (nSPS) is 37.2. The second kappa shape index (κ2) is 6.78. The molecular weight excluding hydrogens is 436 g/mol. The molecule has 4 aliphatic carbocycles. The van der Waals surface area contributed by atoms with Gasteiger partial charge in [-0.15, -0.1) is 0 Å². The van der Waals surface area contributed by atoms with Gasteiger partial charge in [-0.25, -0.2) is 4.79 Å². The number of halogens is 1. The number of urea groups is 1. The highest BCUT2D eigenvalue weighted by Gasteiger charge is 2.75. The van der Waals surface area contributed by atoms with Crippen LogP contribution in [0.3, 0.4) is 0 Å². The maximum Gasteiger partial charge on any atom is 0.322 e. The third kappa shape index (κ3) is 3.18. The van der Waals surface area contributed by atoms with Crippen LogP contribution >= 0.6 is 11.6 Å². The molecule has 1 aromatic carbocycles.